The predicted octanol–water partition coefficient (Wildman–Crippen LogP) is -1.25. The highest BCUT2D eigenvalue weighted by Crippen LogP contribution is 2.24. The lowest BCUT2D eigenvalue weighted by atomic mass is 9.99. The number of rotatable bonds is 10. The van der Waals surface area contributed by atoms with Gasteiger partial charge in [0.25, 0.3) is 0 Å². The first-order valence-corrected chi connectivity index (χ1v) is 8.28. The molecule has 0 saturated carbocycles. The first-order chi connectivity index (χ1) is 11.8. The van der Waals surface area contributed by atoms with Gasteiger partial charge in [0, 0.05) is 6.42 Å². The number of ether oxygens (including phenoxy) is 2. The van der Waals surface area contributed by atoms with Crippen molar-refractivity contribution in [2.75, 3.05) is 6.61 Å². The molecule has 6 N–H and O–H groups in total. The van der Waals surface area contributed by atoms with Gasteiger partial charge in [-0.2, -0.15) is 0 Å². The number of carboxylic acid groups (broad SMARTS) is 1. The number of hydrogen-bond donors (Lipinski definition) is 6. The highest BCUT2D eigenvalue weighted by molar-refractivity contribution is 5.66. The topological polar surface area (TPSA) is 157 Å². The largest absolute Gasteiger partial charge is 0.481 e. The molecular formula is C16H28O9. The molecule has 0 aromatic carbocycles. The van der Waals surface area contributed by atoms with Crippen LogP contribution in [0.5, 0.6) is 0 Å². The van der Waals surface area contributed by atoms with E-state index in [1.807, 2.05) is 0 Å². The Kier molecular flexibility index (Phi) is 9.51. The van der Waals surface area contributed by atoms with Crippen LogP contribution >= 0.6 is 0 Å². The van der Waals surface area contributed by atoms with Crippen LogP contribution in [0.1, 0.15) is 32.6 Å². The number of aliphatic carboxylic acids is 1. The Hall–Kier alpha value is -1.07. The average Bonchev–Trinajstić information content (AvgIpc) is 2.56. The van der Waals surface area contributed by atoms with Crippen molar-refractivity contribution in [1.29, 1.82) is 0 Å². The summed E-state index contributed by atoms with van der Waals surface area (Å²) in [6.07, 6.45) is -3.82. The van der Waals surface area contributed by atoms with Crippen molar-refractivity contribution in [2.24, 2.45) is 0 Å². The maximum absolute atomic E-state index is 10.5. The van der Waals surface area contributed by atoms with E-state index in [0.29, 0.717) is 19.3 Å². The Labute approximate surface area is 146 Å². The number of aliphatic hydroxyl groups is 5. The third kappa shape index (κ3) is 7.37. The molecule has 25 heavy (non-hydrogen) atoms. The Morgan fingerprint density at radius 3 is 2.44 bits per heavy atom. The summed E-state index contributed by atoms with van der Waals surface area (Å²) in [4.78, 5) is 10.5. The zero-order valence-corrected chi connectivity index (χ0v) is 14.1. The van der Waals surface area contributed by atoms with E-state index in [4.69, 9.17) is 14.6 Å². The minimum atomic E-state index is -1.54. The van der Waals surface area contributed by atoms with Crippen molar-refractivity contribution in [2.45, 2.75) is 75.5 Å². The second-order valence-electron chi connectivity index (χ2n) is 6.16. The van der Waals surface area contributed by atoms with Gasteiger partial charge in [0.05, 0.1) is 18.8 Å². The van der Waals surface area contributed by atoms with Crippen molar-refractivity contribution in [1.82, 2.24) is 0 Å². The van der Waals surface area contributed by atoms with Crippen LogP contribution in [0, 0.1) is 0 Å². The molecule has 0 aliphatic carbocycles. The van der Waals surface area contributed by atoms with Gasteiger partial charge in [0.15, 0.2) is 6.29 Å². The highest BCUT2D eigenvalue weighted by atomic mass is 16.7. The van der Waals surface area contributed by atoms with Crippen LogP contribution in [0.4, 0.5) is 0 Å². The van der Waals surface area contributed by atoms with E-state index in [1.54, 1.807) is 19.1 Å². The third-order valence-corrected chi connectivity index (χ3v) is 3.90. The standard InChI is InChI=1S/C16H28O9/c1-9(18)6-7-10(4-2-3-5-12(19)20)24-16-15(23)14(22)13(21)11(8-17)25-16/h2,4,9-11,13-18,21-23H,3,5-8H2,1H3,(H,19,20)/b4-2+/t9-,10+,11-,13+,14+,15+,16-/m0/s1. The normalized spacial score (nSPS) is 32.6. The van der Waals surface area contributed by atoms with Gasteiger partial charge in [-0.1, -0.05) is 12.2 Å². The molecule has 9 heteroatoms. The van der Waals surface area contributed by atoms with Gasteiger partial charge in [-0.3, -0.25) is 4.79 Å². The smallest absolute Gasteiger partial charge is 0.303 e. The molecule has 1 heterocycles. The van der Waals surface area contributed by atoms with Crippen LogP contribution in [0.25, 0.3) is 0 Å². The summed E-state index contributed by atoms with van der Waals surface area (Å²) in [6.45, 7) is 1.05. The van der Waals surface area contributed by atoms with Crippen molar-refractivity contribution >= 4 is 5.97 Å². The number of allylic oxidation sites excluding steroid dienone is 1. The molecule has 7 atom stereocenters. The quantitative estimate of drug-likeness (QED) is 0.261. The van der Waals surface area contributed by atoms with E-state index in [1.165, 1.54) is 0 Å². The van der Waals surface area contributed by atoms with Crippen molar-refractivity contribution in [3.8, 4) is 0 Å². The Bertz CT molecular complexity index is 424. The fourth-order valence-electron chi connectivity index (χ4n) is 2.42. The zero-order valence-electron chi connectivity index (χ0n) is 14.1. The molecule has 0 spiro atoms. The van der Waals surface area contributed by atoms with Crippen molar-refractivity contribution in [3.63, 3.8) is 0 Å². The molecule has 0 amide bonds. The second kappa shape index (κ2) is 10.8. The summed E-state index contributed by atoms with van der Waals surface area (Å²) in [5.74, 6) is -0.931. The van der Waals surface area contributed by atoms with Gasteiger partial charge in [-0.15, -0.1) is 0 Å². The van der Waals surface area contributed by atoms with Crippen LogP contribution < -0.4 is 0 Å². The van der Waals surface area contributed by atoms with Gasteiger partial charge in [0.1, 0.15) is 24.4 Å². The second-order valence-corrected chi connectivity index (χ2v) is 6.16. The van der Waals surface area contributed by atoms with Gasteiger partial charge >= 0.3 is 5.97 Å². The fraction of sp³-hybridized carbons (Fsp3) is 0.812. The maximum atomic E-state index is 10.5. The molecule has 0 aromatic heterocycles. The van der Waals surface area contributed by atoms with E-state index in [2.05, 4.69) is 0 Å². The molecule has 146 valence electrons. The summed E-state index contributed by atoms with van der Waals surface area (Å²) in [7, 11) is 0. The van der Waals surface area contributed by atoms with Gasteiger partial charge in [0.2, 0.25) is 0 Å². The number of carbonyl (C=O) groups is 1. The van der Waals surface area contributed by atoms with E-state index in [0.717, 1.165) is 0 Å². The predicted molar refractivity (Wildman–Crippen MR) is 85.6 cm³/mol. The van der Waals surface area contributed by atoms with E-state index in [-0.39, 0.29) is 6.42 Å². The summed E-state index contributed by atoms with van der Waals surface area (Å²) >= 11 is 0. The molecule has 0 unspecified atom stereocenters. The minimum Gasteiger partial charge on any atom is -0.481 e. The summed E-state index contributed by atoms with van der Waals surface area (Å²) in [6, 6.07) is 0. The first kappa shape index (κ1) is 22.0. The number of aliphatic hydroxyl groups excluding tert-OH is 5. The van der Waals surface area contributed by atoms with Crippen LogP contribution in [-0.4, -0.2) is 86.1 Å². The highest BCUT2D eigenvalue weighted by Gasteiger charge is 2.44. The lowest BCUT2D eigenvalue weighted by Gasteiger charge is -2.40. The molecule has 0 radical (unpaired) electrons. The summed E-state index contributed by atoms with van der Waals surface area (Å²) in [5.41, 5.74) is 0. The van der Waals surface area contributed by atoms with Crippen molar-refractivity contribution < 1.29 is 44.9 Å². The molecule has 1 aliphatic heterocycles. The van der Waals surface area contributed by atoms with Crippen LogP contribution in [0.15, 0.2) is 12.2 Å². The van der Waals surface area contributed by atoms with Gasteiger partial charge in [-0.05, 0) is 26.2 Å². The molecule has 9 nitrogen and oxygen atoms in total. The van der Waals surface area contributed by atoms with E-state index >= 15 is 0 Å². The average molecular weight is 364 g/mol. The van der Waals surface area contributed by atoms with Gasteiger partial charge in [-0.25, -0.2) is 0 Å². The molecule has 0 bridgehead atoms. The summed E-state index contributed by atoms with van der Waals surface area (Å²) in [5, 5.41) is 56.8. The molecule has 1 fully saturated rings. The molecule has 1 aliphatic rings. The SMILES string of the molecule is C[C@H](O)CC[C@@H](/C=C/CCC(=O)O)O[C@H]1O[C@@H](CO)[C@@H](O)[C@@H](O)[C@H]1O. The zero-order chi connectivity index (χ0) is 19.0. The maximum Gasteiger partial charge on any atom is 0.303 e. The van der Waals surface area contributed by atoms with Crippen molar-refractivity contribution in [3.05, 3.63) is 12.2 Å². The van der Waals surface area contributed by atoms with Crippen LogP contribution in [0.3, 0.4) is 0 Å². The minimum absolute atomic E-state index is 0.0420. The van der Waals surface area contributed by atoms with Gasteiger partial charge < -0.3 is 40.1 Å². The van der Waals surface area contributed by atoms with Crippen LogP contribution in [0.2, 0.25) is 0 Å². The molecular weight excluding hydrogens is 336 g/mol. The molecule has 1 saturated heterocycles. The molecule has 0 aromatic rings. The first-order valence-electron chi connectivity index (χ1n) is 8.28. The Morgan fingerprint density at radius 2 is 1.88 bits per heavy atom. The number of carboxylic acids is 1. The lowest BCUT2D eigenvalue weighted by molar-refractivity contribution is -0.308. The van der Waals surface area contributed by atoms with E-state index in [9.17, 15) is 30.3 Å². The Morgan fingerprint density at radius 1 is 1.20 bits per heavy atom. The summed E-state index contributed by atoms with van der Waals surface area (Å²) < 4.78 is 10.9. The molecule has 1 rings (SSSR count). The van der Waals surface area contributed by atoms with Crippen LogP contribution in [-0.2, 0) is 14.3 Å². The fourth-order valence-corrected chi connectivity index (χ4v) is 2.42. The van der Waals surface area contributed by atoms with E-state index < -0.39 is 55.5 Å². The Balaban J connectivity index is 2.71. The number of hydrogen-bond acceptors (Lipinski definition) is 8. The lowest BCUT2D eigenvalue weighted by Crippen LogP contribution is -2.59. The monoisotopic (exact) mass is 364 g/mol. The third-order valence-electron chi connectivity index (χ3n) is 3.90.